The maximum Gasteiger partial charge on any atom is 0.234 e. The Bertz CT molecular complexity index is 1190. The van der Waals surface area contributed by atoms with Gasteiger partial charge in [-0.05, 0) is 43.4 Å². The van der Waals surface area contributed by atoms with Gasteiger partial charge in [0.05, 0.1) is 28.3 Å². The zero-order chi connectivity index (χ0) is 23.4. The first kappa shape index (κ1) is 22.9. The number of benzene rings is 2. The number of carbonyl (C=O) groups is 2. The number of nitriles is 1. The van der Waals surface area contributed by atoms with Crippen LogP contribution in [0.5, 0.6) is 0 Å². The third kappa shape index (κ3) is 4.89. The molecule has 1 aliphatic heterocycles. The second-order valence-electron chi connectivity index (χ2n) is 8.34. The Labute approximate surface area is 199 Å². The number of hydrogen-bond donors (Lipinski definition) is 2. The number of nitrogens with one attached hydrogen (secondary N) is 2. The number of amides is 1. The van der Waals surface area contributed by atoms with E-state index in [1.54, 1.807) is 0 Å². The van der Waals surface area contributed by atoms with Crippen molar-refractivity contribution in [3.05, 3.63) is 87.1 Å². The van der Waals surface area contributed by atoms with E-state index < -0.39 is 5.92 Å². The summed E-state index contributed by atoms with van der Waals surface area (Å²) in [5.74, 6) is -0.257. The van der Waals surface area contributed by atoms with Crippen LogP contribution in [-0.4, -0.2) is 17.4 Å². The quantitative estimate of drug-likeness (QED) is 0.610. The Balaban J connectivity index is 1.61. The fourth-order valence-electron chi connectivity index (χ4n) is 4.40. The van der Waals surface area contributed by atoms with E-state index in [4.69, 9.17) is 0 Å². The number of Topliss-reactive ketones (excluding diaryl/α,β-unsaturated/α-hetero) is 1. The second-order valence-corrected chi connectivity index (χ2v) is 9.33. The van der Waals surface area contributed by atoms with E-state index in [1.807, 2.05) is 55.5 Å². The number of allylic oxidation sites excluding steroid dienone is 3. The van der Waals surface area contributed by atoms with Gasteiger partial charge < -0.3 is 10.6 Å². The van der Waals surface area contributed by atoms with Crippen molar-refractivity contribution in [3.63, 3.8) is 0 Å². The Kier molecular flexibility index (Phi) is 7.00. The fourth-order valence-corrected chi connectivity index (χ4v) is 5.27. The molecule has 2 aromatic rings. The van der Waals surface area contributed by atoms with Crippen LogP contribution in [0.4, 0.5) is 5.69 Å². The maximum atomic E-state index is 12.9. The monoisotopic (exact) mass is 457 g/mol. The normalized spacial score (nSPS) is 17.8. The molecule has 0 fully saturated rings. The molecule has 1 atom stereocenters. The van der Waals surface area contributed by atoms with E-state index in [2.05, 4.69) is 23.6 Å². The van der Waals surface area contributed by atoms with Gasteiger partial charge in [-0.2, -0.15) is 5.26 Å². The number of hydrogen-bond acceptors (Lipinski definition) is 5. The van der Waals surface area contributed by atoms with Crippen molar-refractivity contribution in [2.45, 2.75) is 45.4 Å². The minimum Gasteiger partial charge on any atom is -0.352 e. The Hall–Kier alpha value is -3.30. The highest BCUT2D eigenvalue weighted by Gasteiger charge is 2.37. The van der Waals surface area contributed by atoms with Crippen LogP contribution in [0, 0.1) is 18.3 Å². The summed E-state index contributed by atoms with van der Waals surface area (Å²) in [7, 11) is 0. The van der Waals surface area contributed by atoms with Crippen molar-refractivity contribution < 1.29 is 9.59 Å². The summed E-state index contributed by atoms with van der Waals surface area (Å²) in [5, 5.41) is 17.1. The Morgan fingerprint density at radius 2 is 1.94 bits per heavy atom. The van der Waals surface area contributed by atoms with Gasteiger partial charge in [-0.15, -0.1) is 0 Å². The molecule has 0 spiro atoms. The number of anilines is 1. The van der Waals surface area contributed by atoms with E-state index in [9.17, 15) is 14.9 Å². The molecule has 1 heterocycles. The number of ketones is 1. The summed E-state index contributed by atoms with van der Waals surface area (Å²) < 4.78 is 0. The van der Waals surface area contributed by atoms with Crippen molar-refractivity contribution >= 4 is 29.1 Å². The Morgan fingerprint density at radius 1 is 1.18 bits per heavy atom. The zero-order valence-corrected chi connectivity index (χ0v) is 19.7. The molecule has 6 heteroatoms. The summed E-state index contributed by atoms with van der Waals surface area (Å²) >= 11 is 1.32. The summed E-state index contributed by atoms with van der Waals surface area (Å²) in [6.45, 7) is 4.07. The molecule has 4 rings (SSSR count). The minimum absolute atomic E-state index is 0.0973. The van der Waals surface area contributed by atoms with Gasteiger partial charge in [0.25, 0.3) is 0 Å². The molecule has 33 heavy (non-hydrogen) atoms. The van der Waals surface area contributed by atoms with E-state index in [0.29, 0.717) is 22.6 Å². The van der Waals surface area contributed by atoms with Gasteiger partial charge in [0, 0.05) is 23.4 Å². The predicted molar refractivity (Wildman–Crippen MR) is 132 cm³/mol. The lowest BCUT2D eigenvalue weighted by Crippen LogP contribution is -2.31. The van der Waals surface area contributed by atoms with Crippen LogP contribution in [-0.2, 0) is 16.0 Å². The number of nitrogens with zero attached hydrogens (tertiary/aromatic N) is 1. The molecule has 0 bridgehead atoms. The fraction of sp³-hybridized carbons (Fsp3) is 0.296. The third-order valence-electron chi connectivity index (χ3n) is 6.09. The lowest BCUT2D eigenvalue weighted by Gasteiger charge is -2.33. The van der Waals surface area contributed by atoms with Crippen molar-refractivity contribution in [2.24, 2.45) is 0 Å². The number of rotatable bonds is 6. The summed E-state index contributed by atoms with van der Waals surface area (Å²) in [6.07, 6.45) is 2.89. The maximum absolute atomic E-state index is 12.9. The van der Waals surface area contributed by atoms with Crippen molar-refractivity contribution in [1.82, 2.24) is 5.32 Å². The molecule has 1 unspecified atom stereocenters. The number of dihydropyridines is 1. The van der Waals surface area contributed by atoms with Gasteiger partial charge in [0.2, 0.25) is 5.91 Å². The van der Waals surface area contributed by atoms with E-state index >= 15 is 0 Å². The highest BCUT2D eigenvalue weighted by molar-refractivity contribution is 8.03. The average molecular weight is 458 g/mol. The van der Waals surface area contributed by atoms with Crippen molar-refractivity contribution in [3.8, 4) is 6.07 Å². The van der Waals surface area contributed by atoms with Gasteiger partial charge in [-0.25, -0.2) is 0 Å². The van der Waals surface area contributed by atoms with E-state index in [-0.39, 0.29) is 17.4 Å². The summed E-state index contributed by atoms with van der Waals surface area (Å²) in [4.78, 5) is 25.6. The molecule has 2 aromatic carbocycles. The summed E-state index contributed by atoms with van der Waals surface area (Å²) in [5.41, 5.74) is 6.04. The first-order valence-corrected chi connectivity index (χ1v) is 12.2. The van der Waals surface area contributed by atoms with Crippen LogP contribution < -0.4 is 10.6 Å². The van der Waals surface area contributed by atoms with Gasteiger partial charge >= 0.3 is 0 Å². The van der Waals surface area contributed by atoms with Crippen LogP contribution in [0.2, 0.25) is 0 Å². The number of aryl methyl sites for hydroxylation is 2. The molecule has 0 saturated heterocycles. The number of thioether (sulfide) groups is 1. The van der Waals surface area contributed by atoms with Gasteiger partial charge in [-0.1, -0.05) is 66.7 Å². The van der Waals surface area contributed by atoms with Gasteiger partial charge in [-0.3, -0.25) is 9.59 Å². The highest BCUT2D eigenvalue weighted by Crippen LogP contribution is 2.44. The molecular weight excluding hydrogens is 430 g/mol. The molecule has 1 amide bonds. The molecule has 168 valence electrons. The van der Waals surface area contributed by atoms with Crippen LogP contribution >= 0.6 is 11.8 Å². The van der Waals surface area contributed by atoms with Crippen LogP contribution in [0.25, 0.3) is 0 Å². The Morgan fingerprint density at radius 3 is 2.67 bits per heavy atom. The number of para-hydroxylation sites is 1. The second kappa shape index (κ2) is 10.1. The molecule has 0 aromatic heterocycles. The van der Waals surface area contributed by atoms with Gasteiger partial charge in [0.1, 0.15) is 0 Å². The zero-order valence-electron chi connectivity index (χ0n) is 18.9. The predicted octanol–water partition coefficient (Wildman–Crippen LogP) is 5.36. The topological polar surface area (TPSA) is 82.0 Å². The molecule has 5 nitrogen and oxygen atoms in total. The van der Waals surface area contributed by atoms with Crippen LogP contribution in [0.15, 0.2) is 70.4 Å². The number of carbonyl (C=O) groups excluding carboxylic acids is 2. The van der Waals surface area contributed by atoms with Crippen molar-refractivity contribution in [2.75, 3.05) is 11.1 Å². The standard InChI is InChI=1S/C27H27N3O2S/c1-3-18-7-4-5-8-21(18)29-24(32)16-33-27-20(15-28)25(19-13-11-17(2)12-14-19)26-22(30-27)9-6-10-23(26)31/h4-5,7-8,11-14,25,30H,3,6,9-10,16H2,1-2H3,(H,29,32). The smallest absolute Gasteiger partial charge is 0.234 e. The first-order chi connectivity index (χ1) is 16.0. The third-order valence-corrected chi connectivity index (χ3v) is 7.11. The average Bonchev–Trinajstić information content (AvgIpc) is 2.83. The van der Waals surface area contributed by atoms with Gasteiger partial charge in [0.15, 0.2) is 5.78 Å². The summed E-state index contributed by atoms with van der Waals surface area (Å²) in [6, 6.07) is 18.1. The molecule has 2 aliphatic rings. The minimum atomic E-state index is -0.397. The van der Waals surface area contributed by atoms with E-state index in [0.717, 1.165) is 47.3 Å². The van der Waals surface area contributed by atoms with E-state index in [1.165, 1.54) is 11.8 Å². The lowest BCUT2D eigenvalue weighted by molar-refractivity contribution is -0.116. The first-order valence-electron chi connectivity index (χ1n) is 11.3. The van der Waals surface area contributed by atoms with Crippen molar-refractivity contribution in [1.29, 1.82) is 5.26 Å². The molecule has 1 aliphatic carbocycles. The lowest BCUT2D eigenvalue weighted by atomic mass is 9.77. The molecular formula is C27H27N3O2S. The van der Waals surface area contributed by atoms with Crippen LogP contribution in [0.1, 0.15) is 48.8 Å². The molecule has 0 radical (unpaired) electrons. The largest absolute Gasteiger partial charge is 0.352 e. The SMILES string of the molecule is CCc1ccccc1NC(=O)CSC1=C(C#N)C(c2ccc(C)cc2)C2=C(CCCC2=O)N1. The molecule has 2 N–H and O–H groups in total. The molecule has 0 saturated carbocycles. The van der Waals surface area contributed by atoms with Crippen LogP contribution in [0.3, 0.4) is 0 Å². The highest BCUT2D eigenvalue weighted by atomic mass is 32.2.